The number of hydrogen-bond donors (Lipinski definition) is 3. The smallest absolute Gasteiger partial charge is 0.321 e. The topological polar surface area (TPSA) is 71.3 Å². The van der Waals surface area contributed by atoms with E-state index in [0.29, 0.717) is 5.13 Å². The van der Waals surface area contributed by atoms with Gasteiger partial charge in [-0.3, -0.25) is 5.32 Å². The van der Waals surface area contributed by atoms with Crippen LogP contribution in [0, 0.1) is 0 Å². The van der Waals surface area contributed by atoms with Crippen LogP contribution in [0.2, 0.25) is 0 Å². The minimum absolute atomic E-state index is 0.247. The first-order valence-electron chi connectivity index (χ1n) is 7.23. The van der Waals surface area contributed by atoms with Crippen LogP contribution in [0.3, 0.4) is 0 Å². The third kappa shape index (κ3) is 7.63. The Morgan fingerprint density at radius 2 is 1.95 bits per heavy atom. The molecule has 0 atom stereocenters. The van der Waals surface area contributed by atoms with Gasteiger partial charge in [0.15, 0.2) is 4.34 Å². The van der Waals surface area contributed by atoms with E-state index in [0.717, 1.165) is 29.7 Å². The van der Waals surface area contributed by atoms with E-state index in [2.05, 4.69) is 34.7 Å². The van der Waals surface area contributed by atoms with Crippen molar-refractivity contribution in [3.8, 4) is 0 Å². The molecule has 1 heterocycles. The summed E-state index contributed by atoms with van der Waals surface area (Å²) in [5, 5.41) is 14.2. The Bertz CT molecular complexity index is 440. The van der Waals surface area contributed by atoms with Gasteiger partial charge in [-0.1, -0.05) is 23.1 Å². The van der Waals surface area contributed by atoms with Crippen molar-refractivity contribution in [2.45, 2.75) is 44.5 Å². The van der Waals surface area contributed by atoms with Gasteiger partial charge < -0.3 is 10.2 Å². The first kappa shape index (κ1) is 18.2. The van der Waals surface area contributed by atoms with Crippen LogP contribution < -0.4 is 15.5 Å². The zero-order chi connectivity index (χ0) is 15.9. The summed E-state index contributed by atoms with van der Waals surface area (Å²) in [7, 11) is 0. The third-order valence-corrected chi connectivity index (χ3v) is 4.77. The van der Waals surface area contributed by atoms with E-state index in [4.69, 9.17) is 0 Å². The molecule has 0 aliphatic heterocycles. The monoisotopic (exact) mass is 332 g/mol. The molecule has 21 heavy (non-hydrogen) atoms. The van der Waals surface area contributed by atoms with Crippen LogP contribution in [0.15, 0.2) is 4.34 Å². The molecule has 1 aromatic heterocycles. The Kier molecular flexibility index (Phi) is 7.41. The van der Waals surface area contributed by atoms with Crippen molar-refractivity contribution in [2.75, 3.05) is 30.7 Å². The predicted molar refractivity (Wildman–Crippen MR) is 89.5 cm³/mol. The molecular formula is C13H26N5OS2+. The number of carbonyl (C=O) groups excluding carboxylic acids is 1. The molecule has 2 amide bonds. The zero-order valence-electron chi connectivity index (χ0n) is 13.4. The van der Waals surface area contributed by atoms with Crippen LogP contribution in [0.1, 0.15) is 34.6 Å². The number of thioether (sulfide) groups is 1. The van der Waals surface area contributed by atoms with Crippen LogP contribution in [-0.4, -0.2) is 47.2 Å². The van der Waals surface area contributed by atoms with E-state index >= 15 is 0 Å². The first-order valence-corrected chi connectivity index (χ1v) is 9.03. The SMILES string of the molecule is CC[NH+](CC)CCSc1nnc(NC(=O)NC(C)(C)C)s1. The first-order chi connectivity index (χ1) is 9.84. The molecule has 120 valence electrons. The normalized spacial score (nSPS) is 11.7. The van der Waals surface area contributed by atoms with E-state index in [-0.39, 0.29) is 11.6 Å². The van der Waals surface area contributed by atoms with Crippen LogP contribution in [0.25, 0.3) is 0 Å². The summed E-state index contributed by atoms with van der Waals surface area (Å²) in [6.07, 6.45) is 0. The molecular weight excluding hydrogens is 306 g/mol. The number of quaternary nitrogens is 1. The molecule has 0 aliphatic rings. The maximum Gasteiger partial charge on any atom is 0.321 e. The van der Waals surface area contributed by atoms with E-state index in [9.17, 15) is 4.79 Å². The molecule has 0 radical (unpaired) electrons. The van der Waals surface area contributed by atoms with E-state index in [1.54, 1.807) is 16.7 Å². The van der Waals surface area contributed by atoms with E-state index in [1.807, 2.05) is 20.8 Å². The molecule has 8 heteroatoms. The van der Waals surface area contributed by atoms with Crippen molar-refractivity contribution in [3.05, 3.63) is 0 Å². The molecule has 0 aromatic carbocycles. The van der Waals surface area contributed by atoms with Gasteiger partial charge in [-0.2, -0.15) is 0 Å². The minimum atomic E-state index is -0.265. The van der Waals surface area contributed by atoms with Gasteiger partial charge in [-0.05, 0) is 34.6 Å². The highest BCUT2D eigenvalue weighted by Gasteiger charge is 2.15. The average Bonchev–Trinajstić information content (AvgIpc) is 2.79. The summed E-state index contributed by atoms with van der Waals surface area (Å²) in [4.78, 5) is 13.3. The van der Waals surface area contributed by atoms with Gasteiger partial charge in [0.25, 0.3) is 0 Å². The van der Waals surface area contributed by atoms with Crippen molar-refractivity contribution in [1.29, 1.82) is 0 Å². The predicted octanol–water partition coefficient (Wildman–Crippen LogP) is 1.47. The summed E-state index contributed by atoms with van der Waals surface area (Å²) in [5.41, 5.74) is -0.265. The van der Waals surface area contributed by atoms with Crippen molar-refractivity contribution in [2.24, 2.45) is 0 Å². The lowest BCUT2D eigenvalue weighted by Crippen LogP contribution is -3.11. The molecule has 0 aliphatic carbocycles. The van der Waals surface area contributed by atoms with Crippen LogP contribution in [0.4, 0.5) is 9.93 Å². The van der Waals surface area contributed by atoms with Crippen molar-refractivity contribution >= 4 is 34.3 Å². The Balaban J connectivity index is 2.38. The number of nitrogens with one attached hydrogen (secondary N) is 3. The Morgan fingerprint density at radius 3 is 2.52 bits per heavy atom. The van der Waals surface area contributed by atoms with Gasteiger partial charge in [0.1, 0.15) is 0 Å². The lowest BCUT2D eigenvalue weighted by molar-refractivity contribution is -0.893. The fourth-order valence-electron chi connectivity index (χ4n) is 1.67. The molecule has 0 fully saturated rings. The molecule has 6 nitrogen and oxygen atoms in total. The fraction of sp³-hybridized carbons (Fsp3) is 0.769. The Morgan fingerprint density at radius 1 is 1.29 bits per heavy atom. The molecule has 1 aromatic rings. The van der Waals surface area contributed by atoms with Gasteiger partial charge in [0, 0.05) is 11.3 Å². The molecule has 0 unspecified atom stereocenters. The largest absolute Gasteiger partial charge is 0.335 e. The van der Waals surface area contributed by atoms with Gasteiger partial charge in [0.05, 0.1) is 19.6 Å². The second-order valence-corrected chi connectivity index (χ2v) is 8.08. The summed E-state index contributed by atoms with van der Waals surface area (Å²) < 4.78 is 0.896. The van der Waals surface area contributed by atoms with Crippen molar-refractivity contribution in [1.82, 2.24) is 15.5 Å². The van der Waals surface area contributed by atoms with E-state index < -0.39 is 0 Å². The second-order valence-electron chi connectivity index (χ2n) is 5.76. The number of nitrogens with zero attached hydrogens (tertiary/aromatic N) is 2. The molecule has 0 saturated carbocycles. The van der Waals surface area contributed by atoms with Crippen molar-refractivity contribution in [3.63, 3.8) is 0 Å². The quantitative estimate of drug-likeness (QED) is 0.522. The highest BCUT2D eigenvalue weighted by atomic mass is 32.2. The number of aromatic nitrogens is 2. The van der Waals surface area contributed by atoms with E-state index in [1.165, 1.54) is 11.3 Å². The molecule has 1 rings (SSSR count). The summed E-state index contributed by atoms with van der Waals surface area (Å²) >= 11 is 3.11. The summed E-state index contributed by atoms with van der Waals surface area (Å²) in [6, 6.07) is -0.247. The number of amides is 2. The number of anilines is 1. The minimum Gasteiger partial charge on any atom is -0.335 e. The van der Waals surface area contributed by atoms with Crippen LogP contribution in [0.5, 0.6) is 0 Å². The lowest BCUT2D eigenvalue weighted by atomic mass is 10.1. The maximum absolute atomic E-state index is 11.7. The molecule has 0 bridgehead atoms. The Labute approximate surface area is 135 Å². The molecule has 0 saturated heterocycles. The fourth-order valence-corrected chi connectivity index (χ4v) is 3.53. The average molecular weight is 333 g/mol. The highest BCUT2D eigenvalue weighted by Crippen LogP contribution is 2.24. The zero-order valence-corrected chi connectivity index (χ0v) is 15.1. The number of carbonyl (C=O) groups is 1. The van der Waals surface area contributed by atoms with Gasteiger partial charge in [-0.15, -0.1) is 10.2 Å². The van der Waals surface area contributed by atoms with Crippen LogP contribution >= 0.6 is 23.1 Å². The van der Waals surface area contributed by atoms with Gasteiger partial charge >= 0.3 is 6.03 Å². The highest BCUT2D eigenvalue weighted by molar-refractivity contribution is 8.01. The Hall–Kier alpha value is -0.860. The number of hydrogen-bond acceptors (Lipinski definition) is 5. The van der Waals surface area contributed by atoms with Gasteiger partial charge in [0.2, 0.25) is 5.13 Å². The second kappa shape index (κ2) is 8.55. The molecule has 0 spiro atoms. The van der Waals surface area contributed by atoms with Gasteiger partial charge in [-0.25, -0.2) is 4.79 Å². The summed E-state index contributed by atoms with van der Waals surface area (Å²) in [5.74, 6) is 1.01. The third-order valence-electron chi connectivity index (χ3n) is 2.80. The number of rotatable bonds is 7. The molecule has 3 N–H and O–H groups in total. The summed E-state index contributed by atoms with van der Waals surface area (Å²) in [6.45, 7) is 13.6. The number of urea groups is 1. The lowest BCUT2D eigenvalue weighted by Gasteiger charge is -2.19. The standard InChI is InChI=1S/C13H25N5OS2/c1-6-18(7-2)8-9-20-12-17-16-11(21-12)14-10(19)15-13(3,4)5/h6-9H2,1-5H3,(H2,14,15,16,19)/p+1. The van der Waals surface area contributed by atoms with Crippen molar-refractivity contribution < 1.29 is 9.69 Å². The van der Waals surface area contributed by atoms with Crippen LogP contribution in [-0.2, 0) is 0 Å². The maximum atomic E-state index is 11.7.